The average molecular weight is 373 g/mol. The Labute approximate surface area is 131 Å². The Morgan fingerprint density at radius 1 is 1.14 bits per heavy atom. The molecule has 0 atom stereocenters. The average Bonchev–Trinajstić information content (AvgIpc) is 2.37. The van der Waals surface area contributed by atoms with Gasteiger partial charge in [0.05, 0.1) is 15.8 Å². The lowest BCUT2D eigenvalue weighted by molar-refractivity contribution is 0.601. The van der Waals surface area contributed by atoms with Crippen molar-refractivity contribution in [2.24, 2.45) is 0 Å². The number of hydrogen-bond acceptors (Lipinski definition) is 3. The number of anilines is 2. The summed E-state index contributed by atoms with van der Waals surface area (Å²) < 4.78 is 40.7. The number of halogens is 2. The van der Waals surface area contributed by atoms with Crippen LogP contribution >= 0.6 is 15.9 Å². The molecule has 0 spiro atoms. The lowest BCUT2D eigenvalue weighted by Gasteiger charge is -2.12. The van der Waals surface area contributed by atoms with Gasteiger partial charge in [-0.2, -0.15) is 0 Å². The number of rotatable bonds is 3. The zero-order valence-electron chi connectivity index (χ0n) is 11.4. The van der Waals surface area contributed by atoms with Crippen molar-refractivity contribution in [2.45, 2.75) is 18.7 Å². The highest BCUT2D eigenvalue weighted by Crippen LogP contribution is 2.26. The molecule has 0 fully saturated rings. The van der Waals surface area contributed by atoms with Crippen molar-refractivity contribution in [1.29, 1.82) is 0 Å². The van der Waals surface area contributed by atoms with Crippen molar-refractivity contribution in [3.05, 3.63) is 51.7 Å². The molecule has 112 valence electrons. The predicted octanol–water partition coefficient (Wildman–Crippen LogP) is 3.59. The number of sulfonamides is 1. The lowest BCUT2D eigenvalue weighted by atomic mass is 10.1. The van der Waals surface area contributed by atoms with Crippen molar-refractivity contribution in [1.82, 2.24) is 0 Å². The molecule has 2 aromatic rings. The van der Waals surface area contributed by atoms with Crippen LogP contribution in [0, 0.1) is 19.7 Å². The van der Waals surface area contributed by atoms with E-state index in [0.717, 1.165) is 17.2 Å². The van der Waals surface area contributed by atoms with Crippen LogP contribution in [0.25, 0.3) is 0 Å². The normalized spacial score (nSPS) is 11.4. The summed E-state index contributed by atoms with van der Waals surface area (Å²) in [5, 5.41) is 0. The van der Waals surface area contributed by atoms with E-state index in [1.54, 1.807) is 13.0 Å². The van der Waals surface area contributed by atoms with Gasteiger partial charge in [0, 0.05) is 0 Å². The van der Waals surface area contributed by atoms with Crippen molar-refractivity contribution in [3.8, 4) is 0 Å². The van der Waals surface area contributed by atoms with Crippen LogP contribution in [0.1, 0.15) is 11.1 Å². The molecule has 0 aliphatic rings. The van der Waals surface area contributed by atoms with Gasteiger partial charge in [0.1, 0.15) is 10.7 Å². The van der Waals surface area contributed by atoms with E-state index in [1.165, 1.54) is 18.2 Å². The molecule has 0 saturated heterocycles. The summed E-state index contributed by atoms with van der Waals surface area (Å²) in [5.41, 5.74) is 7.79. The minimum absolute atomic E-state index is 0.0195. The second-order valence-electron chi connectivity index (χ2n) is 4.71. The van der Waals surface area contributed by atoms with Gasteiger partial charge in [0.15, 0.2) is 0 Å². The first-order chi connectivity index (χ1) is 9.70. The number of nitrogens with two attached hydrogens (primary N) is 1. The van der Waals surface area contributed by atoms with Crippen LogP contribution in [0.3, 0.4) is 0 Å². The molecule has 0 saturated carbocycles. The third-order valence-corrected chi connectivity index (χ3v) is 5.17. The number of nitrogen functional groups attached to an aromatic ring is 1. The molecule has 0 unspecified atom stereocenters. The Hall–Kier alpha value is -1.60. The number of benzene rings is 2. The van der Waals surface area contributed by atoms with Crippen LogP contribution in [-0.4, -0.2) is 8.42 Å². The summed E-state index contributed by atoms with van der Waals surface area (Å²) in [5.74, 6) is -0.553. The van der Waals surface area contributed by atoms with Crippen LogP contribution in [0.4, 0.5) is 15.8 Å². The summed E-state index contributed by atoms with van der Waals surface area (Å²) >= 11 is 3.01. The van der Waals surface area contributed by atoms with Gasteiger partial charge in [-0.05, 0) is 71.2 Å². The summed E-state index contributed by atoms with van der Waals surface area (Å²) in [4.78, 5) is -0.0195. The van der Waals surface area contributed by atoms with E-state index in [1.807, 2.05) is 6.92 Å². The maximum Gasteiger partial charge on any atom is 0.263 e. The smallest absolute Gasteiger partial charge is 0.263 e. The van der Waals surface area contributed by atoms with Gasteiger partial charge in [0.2, 0.25) is 0 Å². The third kappa shape index (κ3) is 3.36. The standard InChI is InChI=1S/C14H14BrFN2O2S/c1-8-5-13(17)14(6-9(8)2)21(19,20)18-10-3-4-11(15)12(16)7-10/h3-7,18H,17H2,1-2H3. The van der Waals surface area contributed by atoms with Gasteiger partial charge >= 0.3 is 0 Å². The monoisotopic (exact) mass is 372 g/mol. The van der Waals surface area contributed by atoms with E-state index in [0.29, 0.717) is 0 Å². The molecular weight excluding hydrogens is 359 g/mol. The fourth-order valence-corrected chi connectivity index (χ4v) is 3.31. The number of nitrogens with one attached hydrogen (secondary N) is 1. The quantitative estimate of drug-likeness (QED) is 0.808. The van der Waals surface area contributed by atoms with Crippen molar-refractivity contribution >= 4 is 37.3 Å². The fraction of sp³-hybridized carbons (Fsp3) is 0.143. The third-order valence-electron chi connectivity index (χ3n) is 3.09. The molecular formula is C14H14BrFN2O2S. The lowest BCUT2D eigenvalue weighted by Crippen LogP contribution is -2.15. The van der Waals surface area contributed by atoms with E-state index in [9.17, 15) is 12.8 Å². The minimum Gasteiger partial charge on any atom is -0.398 e. The van der Waals surface area contributed by atoms with Gasteiger partial charge < -0.3 is 5.73 Å². The maximum atomic E-state index is 13.4. The zero-order chi connectivity index (χ0) is 15.8. The topological polar surface area (TPSA) is 72.2 Å². The van der Waals surface area contributed by atoms with Gasteiger partial charge in [-0.1, -0.05) is 0 Å². The second-order valence-corrected chi connectivity index (χ2v) is 7.21. The van der Waals surface area contributed by atoms with Crippen LogP contribution < -0.4 is 10.5 Å². The summed E-state index contributed by atoms with van der Waals surface area (Å²) in [6.07, 6.45) is 0. The Kier molecular flexibility index (Phi) is 4.25. The Bertz CT molecular complexity index is 807. The summed E-state index contributed by atoms with van der Waals surface area (Å²) in [6, 6.07) is 7.09. The molecule has 21 heavy (non-hydrogen) atoms. The summed E-state index contributed by atoms with van der Waals surface area (Å²) in [7, 11) is -3.87. The van der Waals surface area contributed by atoms with Crippen LogP contribution in [0.2, 0.25) is 0 Å². The molecule has 0 heterocycles. The molecule has 4 nitrogen and oxygen atoms in total. The molecule has 0 aliphatic carbocycles. The van der Waals surface area contributed by atoms with Crippen LogP contribution in [-0.2, 0) is 10.0 Å². The molecule has 0 radical (unpaired) electrons. The van der Waals surface area contributed by atoms with Gasteiger partial charge in [-0.3, -0.25) is 4.72 Å². The van der Waals surface area contributed by atoms with Gasteiger partial charge in [-0.15, -0.1) is 0 Å². The number of hydrogen-bond donors (Lipinski definition) is 2. The largest absolute Gasteiger partial charge is 0.398 e. The predicted molar refractivity (Wildman–Crippen MR) is 85.2 cm³/mol. The van der Waals surface area contributed by atoms with Gasteiger partial charge in [-0.25, -0.2) is 12.8 Å². The highest BCUT2D eigenvalue weighted by molar-refractivity contribution is 9.10. The second kappa shape index (κ2) is 5.65. The van der Waals surface area contributed by atoms with E-state index < -0.39 is 15.8 Å². The van der Waals surface area contributed by atoms with Crippen molar-refractivity contribution < 1.29 is 12.8 Å². The Morgan fingerprint density at radius 2 is 1.76 bits per heavy atom. The summed E-state index contributed by atoms with van der Waals surface area (Å²) in [6.45, 7) is 3.65. The molecule has 0 amide bonds. The van der Waals surface area contributed by atoms with Crippen LogP contribution in [0.15, 0.2) is 39.7 Å². The van der Waals surface area contributed by atoms with Crippen molar-refractivity contribution in [2.75, 3.05) is 10.5 Å². The molecule has 3 N–H and O–H groups in total. The first kappa shape index (κ1) is 15.8. The maximum absolute atomic E-state index is 13.4. The zero-order valence-corrected chi connectivity index (χ0v) is 13.8. The van der Waals surface area contributed by atoms with E-state index in [-0.39, 0.29) is 20.7 Å². The minimum atomic E-state index is -3.87. The van der Waals surface area contributed by atoms with Crippen molar-refractivity contribution in [3.63, 3.8) is 0 Å². The van der Waals surface area contributed by atoms with E-state index in [4.69, 9.17) is 5.73 Å². The highest BCUT2D eigenvalue weighted by Gasteiger charge is 2.19. The van der Waals surface area contributed by atoms with E-state index in [2.05, 4.69) is 20.7 Å². The van der Waals surface area contributed by atoms with Crippen LogP contribution in [0.5, 0.6) is 0 Å². The Balaban J connectivity index is 2.43. The molecule has 0 aromatic heterocycles. The first-order valence-corrected chi connectivity index (χ1v) is 8.33. The molecule has 7 heteroatoms. The molecule has 2 aromatic carbocycles. The Morgan fingerprint density at radius 3 is 2.38 bits per heavy atom. The molecule has 0 bridgehead atoms. The molecule has 0 aliphatic heterocycles. The SMILES string of the molecule is Cc1cc(N)c(S(=O)(=O)Nc2ccc(Br)c(F)c2)cc1C. The highest BCUT2D eigenvalue weighted by atomic mass is 79.9. The van der Waals surface area contributed by atoms with Gasteiger partial charge in [0.25, 0.3) is 10.0 Å². The van der Waals surface area contributed by atoms with E-state index >= 15 is 0 Å². The fourth-order valence-electron chi connectivity index (χ4n) is 1.81. The number of aryl methyl sites for hydroxylation is 2. The first-order valence-electron chi connectivity index (χ1n) is 6.05. The molecule has 2 rings (SSSR count).